The summed E-state index contributed by atoms with van der Waals surface area (Å²) in [6.45, 7) is 2.24. The van der Waals surface area contributed by atoms with Gasteiger partial charge in [-0.25, -0.2) is 0 Å². The van der Waals surface area contributed by atoms with E-state index in [1.165, 1.54) is 19.3 Å². The zero-order valence-electron chi connectivity index (χ0n) is 20.3. The first kappa shape index (κ1) is 23.2. The standard InChI is InChI=1S/C27H37N3O4/c1-34-23-5-2-19(3-6-23)4-7-24(31)29-8-10-30(11-9-29)25(32)18-28-26(33)27-15-20-12-21(16-27)14-22(13-20)17-27/h2-3,5-6,20-22H,4,7-18H2,1H3,(H,28,33). The molecular formula is C27H37N3O4. The fourth-order valence-corrected chi connectivity index (χ4v) is 7.25. The fourth-order valence-electron chi connectivity index (χ4n) is 7.25. The van der Waals surface area contributed by atoms with E-state index in [4.69, 9.17) is 4.74 Å². The number of hydrogen-bond acceptors (Lipinski definition) is 4. The van der Waals surface area contributed by atoms with Gasteiger partial charge in [0.25, 0.3) is 0 Å². The van der Waals surface area contributed by atoms with Crippen LogP contribution in [0.2, 0.25) is 0 Å². The lowest BCUT2D eigenvalue weighted by atomic mass is 9.49. The number of carbonyl (C=O) groups is 3. The van der Waals surface area contributed by atoms with Crippen LogP contribution in [0.5, 0.6) is 5.75 Å². The number of amides is 3. The van der Waals surface area contributed by atoms with Crippen LogP contribution in [0, 0.1) is 23.2 Å². The van der Waals surface area contributed by atoms with Crippen LogP contribution in [0.4, 0.5) is 0 Å². The molecule has 184 valence electrons. The molecule has 4 aliphatic carbocycles. The van der Waals surface area contributed by atoms with Crippen LogP contribution in [0.1, 0.15) is 50.5 Å². The van der Waals surface area contributed by atoms with E-state index in [1.54, 1.807) is 12.0 Å². The van der Waals surface area contributed by atoms with Gasteiger partial charge in [0, 0.05) is 38.0 Å². The Balaban J connectivity index is 1.04. The van der Waals surface area contributed by atoms with Crippen molar-refractivity contribution in [1.82, 2.24) is 15.1 Å². The molecule has 4 saturated carbocycles. The maximum Gasteiger partial charge on any atom is 0.242 e. The molecule has 1 N–H and O–H groups in total. The molecule has 34 heavy (non-hydrogen) atoms. The summed E-state index contributed by atoms with van der Waals surface area (Å²) in [6, 6.07) is 7.79. The van der Waals surface area contributed by atoms with Crippen LogP contribution in [0.15, 0.2) is 24.3 Å². The highest BCUT2D eigenvalue weighted by Gasteiger charge is 2.54. The second-order valence-electron chi connectivity index (χ2n) is 11.0. The minimum Gasteiger partial charge on any atom is -0.497 e. The molecule has 4 bridgehead atoms. The molecule has 0 radical (unpaired) electrons. The van der Waals surface area contributed by atoms with Crippen molar-refractivity contribution in [3.05, 3.63) is 29.8 Å². The lowest BCUT2D eigenvalue weighted by molar-refractivity contribution is -0.148. The normalized spacial score (nSPS) is 29.7. The van der Waals surface area contributed by atoms with Crippen molar-refractivity contribution < 1.29 is 19.1 Å². The van der Waals surface area contributed by atoms with E-state index in [1.807, 2.05) is 29.2 Å². The van der Waals surface area contributed by atoms with Crippen LogP contribution in [0.25, 0.3) is 0 Å². The van der Waals surface area contributed by atoms with Gasteiger partial charge in [-0.3, -0.25) is 14.4 Å². The zero-order valence-corrected chi connectivity index (χ0v) is 20.3. The van der Waals surface area contributed by atoms with E-state index in [9.17, 15) is 14.4 Å². The highest BCUT2D eigenvalue weighted by atomic mass is 16.5. The smallest absolute Gasteiger partial charge is 0.242 e. The topological polar surface area (TPSA) is 79.0 Å². The van der Waals surface area contributed by atoms with Crippen molar-refractivity contribution in [3.63, 3.8) is 0 Å². The second kappa shape index (κ2) is 9.59. The van der Waals surface area contributed by atoms with Crippen molar-refractivity contribution in [3.8, 4) is 5.75 Å². The fraction of sp³-hybridized carbons (Fsp3) is 0.667. The maximum atomic E-state index is 13.1. The molecule has 1 saturated heterocycles. The van der Waals surface area contributed by atoms with Gasteiger partial charge < -0.3 is 19.9 Å². The Labute approximate surface area is 202 Å². The molecule has 5 aliphatic rings. The molecule has 7 heteroatoms. The second-order valence-corrected chi connectivity index (χ2v) is 11.0. The van der Waals surface area contributed by atoms with E-state index in [-0.39, 0.29) is 29.7 Å². The van der Waals surface area contributed by atoms with Gasteiger partial charge in [0.15, 0.2) is 0 Å². The quantitative estimate of drug-likeness (QED) is 0.669. The number of methoxy groups -OCH3 is 1. The van der Waals surface area contributed by atoms with Gasteiger partial charge in [-0.1, -0.05) is 12.1 Å². The summed E-state index contributed by atoms with van der Waals surface area (Å²) in [6.07, 6.45) is 8.08. The van der Waals surface area contributed by atoms with Crippen molar-refractivity contribution in [2.75, 3.05) is 39.8 Å². The molecule has 7 nitrogen and oxygen atoms in total. The number of rotatable bonds is 7. The third-order valence-electron chi connectivity index (χ3n) is 8.69. The summed E-state index contributed by atoms with van der Waals surface area (Å²) in [4.78, 5) is 42.1. The van der Waals surface area contributed by atoms with Gasteiger partial charge in [-0.15, -0.1) is 0 Å². The summed E-state index contributed by atoms with van der Waals surface area (Å²) in [7, 11) is 1.64. The van der Waals surface area contributed by atoms with Crippen molar-refractivity contribution in [1.29, 1.82) is 0 Å². The Kier molecular flexibility index (Phi) is 6.54. The Morgan fingerprint density at radius 2 is 1.41 bits per heavy atom. The van der Waals surface area contributed by atoms with E-state index in [0.717, 1.165) is 30.6 Å². The summed E-state index contributed by atoms with van der Waals surface area (Å²) >= 11 is 0. The summed E-state index contributed by atoms with van der Waals surface area (Å²) in [5.74, 6) is 3.13. The number of hydrogen-bond donors (Lipinski definition) is 1. The molecule has 1 aromatic rings. The molecule has 1 aliphatic heterocycles. The first-order chi connectivity index (χ1) is 16.4. The monoisotopic (exact) mass is 467 g/mol. The van der Waals surface area contributed by atoms with Crippen LogP contribution < -0.4 is 10.1 Å². The lowest BCUT2D eigenvalue weighted by Gasteiger charge is -2.55. The van der Waals surface area contributed by atoms with Crippen molar-refractivity contribution >= 4 is 17.7 Å². The van der Waals surface area contributed by atoms with Crippen LogP contribution in [0.3, 0.4) is 0 Å². The SMILES string of the molecule is COc1ccc(CCC(=O)N2CCN(C(=O)CNC(=O)C34CC5CC(CC(C5)C3)C4)CC2)cc1. The Hall–Kier alpha value is -2.57. The van der Waals surface area contributed by atoms with Gasteiger partial charge in [0.05, 0.1) is 13.7 Å². The number of ether oxygens (including phenoxy) is 1. The molecule has 3 amide bonds. The predicted molar refractivity (Wildman–Crippen MR) is 128 cm³/mol. The highest BCUT2D eigenvalue weighted by molar-refractivity contribution is 5.88. The van der Waals surface area contributed by atoms with Gasteiger partial charge in [0.2, 0.25) is 17.7 Å². The van der Waals surface area contributed by atoms with Gasteiger partial charge in [-0.2, -0.15) is 0 Å². The van der Waals surface area contributed by atoms with E-state index in [2.05, 4.69) is 5.32 Å². The summed E-state index contributed by atoms with van der Waals surface area (Å²) in [5.41, 5.74) is 0.891. The van der Waals surface area contributed by atoms with Gasteiger partial charge in [0.1, 0.15) is 5.75 Å². The molecule has 0 unspecified atom stereocenters. The Morgan fingerprint density at radius 3 is 1.94 bits per heavy atom. The van der Waals surface area contributed by atoms with E-state index < -0.39 is 0 Å². The van der Waals surface area contributed by atoms with E-state index in [0.29, 0.717) is 56.8 Å². The average Bonchev–Trinajstić information content (AvgIpc) is 2.85. The minimum absolute atomic E-state index is 0.0385. The molecule has 6 rings (SSSR count). The first-order valence-corrected chi connectivity index (χ1v) is 12.9. The first-order valence-electron chi connectivity index (χ1n) is 12.9. The number of aryl methyl sites for hydroxylation is 1. The van der Waals surface area contributed by atoms with Crippen LogP contribution >= 0.6 is 0 Å². The van der Waals surface area contributed by atoms with Crippen LogP contribution in [-0.2, 0) is 20.8 Å². The maximum absolute atomic E-state index is 13.1. The number of benzene rings is 1. The number of piperazine rings is 1. The van der Waals surface area contributed by atoms with Crippen molar-refractivity contribution in [2.45, 2.75) is 51.4 Å². The number of nitrogens with one attached hydrogen (secondary N) is 1. The molecule has 0 spiro atoms. The average molecular weight is 468 g/mol. The number of nitrogens with zero attached hydrogens (tertiary/aromatic N) is 2. The third kappa shape index (κ3) is 4.80. The highest BCUT2D eigenvalue weighted by Crippen LogP contribution is 2.60. The molecule has 0 aromatic heterocycles. The van der Waals surface area contributed by atoms with E-state index >= 15 is 0 Å². The molecule has 1 heterocycles. The van der Waals surface area contributed by atoms with Crippen molar-refractivity contribution in [2.24, 2.45) is 23.2 Å². The molecule has 0 atom stereocenters. The van der Waals surface area contributed by atoms with Gasteiger partial charge in [-0.05, 0) is 80.4 Å². The lowest BCUT2D eigenvalue weighted by Crippen LogP contribution is -2.56. The summed E-state index contributed by atoms with van der Waals surface area (Å²) in [5, 5.41) is 3.00. The molecule has 1 aromatic carbocycles. The number of carbonyl (C=O) groups excluding carboxylic acids is 3. The summed E-state index contributed by atoms with van der Waals surface area (Å²) < 4.78 is 5.17. The largest absolute Gasteiger partial charge is 0.497 e. The Bertz CT molecular complexity index is 885. The predicted octanol–water partition coefficient (Wildman–Crippen LogP) is 2.63. The Morgan fingerprint density at radius 1 is 0.882 bits per heavy atom. The molecule has 5 fully saturated rings. The zero-order chi connectivity index (χ0) is 23.7. The third-order valence-corrected chi connectivity index (χ3v) is 8.69. The minimum atomic E-state index is -0.218. The van der Waals surface area contributed by atoms with Gasteiger partial charge >= 0.3 is 0 Å². The molecular weight excluding hydrogens is 430 g/mol. The van der Waals surface area contributed by atoms with Crippen LogP contribution in [-0.4, -0.2) is 67.4 Å².